The molecule has 3 N–H and O–H groups in total. The zero-order valence-corrected chi connectivity index (χ0v) is 19.5. The van der Waals surface area contributed by atoms with Gasteiger partial charge in [-0.3, -0.25) is 19.1 Å². The smallest absolute Gasteiger partial charge is 0.251 e. The lowest BCUT2D eigenvalue weighted by Gasteiger charge is -2.26. The van der Waals surface area contributed by atoms with E-state index in [0.717, 1.165) is 31.1 Å². The van der Waals surface area contributed by atoms with Crippen LogP contribution in [0, 0.1) is 0 Å². The molecule has 1 saturated heterocycles. The highest BCUT2D eigenvalue weighted by atomic mass is 32.2. The number of thiophene rings is 1. The van der Waals surface area contributed by atoms with Crippen LogP contribution in [-0.2, 0) is 11.3 Å². The highest BCUT2D eigenvalue weighted by Gasteiger charge is 2.24. The van der Waals surface area contributed by atoms with E-state index in [9.17, 15) is 9.59 Å². The van der Waals surface area contributed by atoms with Gasteiger partial charge in [-0.05, 0) is 56.4 Å². The van der Waals surface area contributed by atoms with Gasteiger partial charge in [0.05, 0.1) is 17.4 Å². The Morgan fingerprint density at radius 2 is 1.91 bits per heavy atom. The van der Waals surface area contributed by atoms with Crippen LogP contribution in [0.25, 0.3) is 5.69 Å². The number of amides is 2. The topological polar surface area (TPSA) is 106 Å². The molecule has 168 valence electrons. The zero-order chi connectivity index (χ0) is 22.5. The summed E-state index contributed by atoms with van der Waals surface area (Å²) in [5.74, 6) is 0.0793. The average Bonchev–Trinajstić information content (AvgIpc) is 3.42. The summed E-state index contributed by atoms with van der Waals surface area (Å²) < 4.78 is 2.03. The first-order chi connectivity index (χ1) is 15.5. The van der Waals surface area contributed by atoms with E-state index in [1.807, 2.05) is 41.8 Å². The van der Waals surface area contributed by atoms with E-state index in [4.69, 9.17) is 5.73 Å². The van der Waals surface area contributed by atoms with Gasteiger partial charge in [0.1, 0.15) is 5.00 Å². The van der Waals surface area contributed by atoms with Crippen LogP contribution in [0.2, 0.25) is 0 Å². The second-order valence-corrected chi connectivity index (χ2v) is 9.91. The summed E-state index contributed by atoms with van der Waals surface area (Å²) in [7, 11) is 0. The summed E-state index contributed by atoms with van der Waals surface area (Å²) in [6, 6.07) is 11.6. The number of benzene rings is 1. The van der Waals surface area contributed by atoms with E-state index in [1.165, 1.54) is 42.4 Å². The first-order valence-corrected chi connectivity index (χ1v) is 12.4. The Kier molecular flexibility index (Phi) is 7.23. The number of hydrogen-bond acceptors (Lipinski definition) is 7. The quantitative estimate of drug-likeness (QED) is 0.488. The Bertz CT molecular complexity index is 1080. The molecule has 0 spiro atoms. The van der Waals surface area contributed by atoms with Gasteiger partial charge in [0.25, 0.3) is 5.91 Å². The van der Waals surface area contributed by atoms with Crippen molar-refractivity contribution >= 4 is 39.9 Å². The van der Waals surface area contributed by atoms with Crippen molar-refractivity contribution in [1.82, 2.24) is 19.7 Å². The molecule has 4 rings (SSSR count). The summed E-state index contributed by atoms with van der Waals surface area (Å²) in [4.78, 5) is 26.8. The number of nitrogens with zero attached hydrogens (tertiary/aromatic N) is 4. The third-order valence-corrected chi connectivity index (χ3v) is 7.22. The molecule has 1 aliphatic heterocycles. The lowest BCUT2D eigenvalue weighted by Crippen LogP contribution is -2.30. The van der Waals surface area contributed by atoms with E-state index in [-0.39, 0.29) is 5.91 Å². The van der Waals surface area contributed by atoms with Gasteiger partial charge in [0.15, 0.2) is 11.0 Å². The average molecular weight is 471 g/mol. The monoisotopic (exact) mass is 470 g/mol. The molecular formula is C22H26N6O2S2. The number of rotatable bonds is 8. The number of carbonyl (C=O) groups excluding carboxylic acids is 2. The highest BCUT2D eigenvalue weighted by Crippen LogP contribution is 2.29. The van der Waals surface area contributed by atoms with Gasteiger partial charge in [0.2, 0.25) is 5.91 Å². The Hall–Kier alpha value is -2.69. The minimum Gasteiger partial charge on any atom is -0.366 e. The third kappa shape index (κ3) is 5.20. The van der Waals surface area contributed by atoms with Crippen molar-refractivity contribution in [2.75, 3.05) is 18.4 Å². The van der Waals surface area contributed by atoms with Crippen LogP contribution < -0.4 is 11.1 Å². The van der Waals surface area contributed by atoms with Crippen LogP contribution in [0.5, 0.6) is 0 Å². The normalized spacial score (nSPS) is 15.4. The summed E-state index contributed by atoms with van der Waals surface area (Å²) in [6.07, 6.45) is 3.68. The Balaban J connectivity index is 1.54. The fourth-order valence-corrected chi connectivity index (χ4v) is 5.34. The molecule has 1 atom stereocenters. The number of hydrogen-bond donors (Lipinski definition) is 2. The van der Waals surface area contributed by atoms with Crippen LogP contribution in [-0.4, -0.2) is 49.8 Å². The minimum absolute atomic E-state index is 0.222. The first kappa shape index (κ1) is 22.5. The van der Waals surface area contributed by atoms with Crippen LogP contribution >= 0.6 is 23.1 Å². The van der Waals surface area contributed by atoms with E-state index in [1.54, 1.807) is 11.4 Å². The molecule has 0 saturated carbocycles. The van der Waals surface area contributed by atoms with E-state index >= 15 is 0 Å². The van der Waals surface area contributed by atoms with Crippen LogP contribution in [0.1, 0.15) is 42.4 Å². The Morgan fingerprint density at radius 3 is 2.62 bits per heavy atom. The summed E-state index contributed by atoms with van der Waals surface area (Å²) in [5, 5.41) is 14.1. The second kappa shape index (κ2) is 10.3. The molecule has 0 radical (unpaired) electrons. The third-order valence-electron chi connectivity index (χ3n) is 5.35. The summed E-state index contributed by atoms with van der Waals surface area (Å²) in [5.41, 5.74) is 6.67. The Labute approximate surface area is 195 Å². The number of carbonyl (C=O) groups is 2. The largest absolute Gasteiger partial charge is 0.366 e. The van der Waals surface area contributed by atoms with Crippen molar-refractivity contribution in [2.24, 2.45) is 5.73 Å². The number of thioether (sulfide) groups is 1. The molecule has 32 heavy (non-hydrogen) atoms. The summed E-state index contributed by atoms with van der Waals surface area (Å²) >= 11 is 2.61. The molecule has 0 aliphatic carbocycles. The van der Waals surface area contributed by atoms with Crippen LogP contribution in [0.4, 0.5) is 5.00 Å². The molecule has 3 heterocycles. The van der Waals surface area contributed by atoms with Crippen molar-refractivity contribution in [3.05, 3.63) is 53.2 Å². The SMILES string of the molecule is CC(Sc1nnc(CN2CCCCC2)n1-c1ccccc1)C(=O)Nc1sccc1C(N)=O. The predicted molar refractivity (Wildman–Crippen MR) is 127 cm³/mol. The maximum absolute atomic E-state index is 12.8. The number of nitrogens with one attached hydrogen (secondary N) is 1. The molecule has 3 aromatic rings. The van der Waals surface area contributed by atoms with Gasteiger partial charge in [-0.2, -0.15) is 0 Å². The van der Waals surface area contributed by atoms with Crippen molar-refractivity contribution in [1.29, 1.82) is 0 Å². The van der Waals surface area contributed by atoms with Crippen LogP contribution in [0.3, 0.4) is 0 Å². The molecule has 1 unspecified atom stereocenters. The van der Waals surface area contributed by atoms with Gasteiger partial charge in [-0.1, -0.05) is 36.4 Å². The van der Waals surface area contributed by atoms with Crippen LogP contribution in [0.15, 0.2) is 46.9 Å². The maximum atomic E-state index is 12.8. The van der Waals surface area contributed by atoms with Crippen molar-refractivity contribution in [2.45, 2.75) is 43.1 Å². The fourth-order valence-electron chi connectivity index (χ4n) is 3.66. The van der Waals surface area contributed by atoms with Gasteiger partial charge >= 0.3 is 0 Å². The zero-order valence-electron chi connectivity index (χ0n) is 17.9. The van der Waals surface area contributed by atoms with E-state index in [2.05, 4.69) is 20.4 Å². The number of aromatic nitrogens is 3. The van der Waals surface area contributed by atoms with Gasteiger partial charge in [-0.25, -0.2) is 0 Å². The highest BCUT2D eigenvalue weighted by molar-refractivity contribution is 8.00. The number of nitrogens with two attached hydrogens (primary N) is 1. The number of likely N-dealkylation sites (tertiary alicyclic amines) is 1. The molecule has 10 heteroatoms. The maximum Gasteiger partial charge on any atom is 0.251 e. The van der Waals surface area contributed by atoms with Gasteiger partial charge in [-0.15, -0.1) is 21.5 Å². The van der Waals surface area contributed by atoms with Crippen molar-refractivity contribution in [3.8, 4) is 5.69 Å². The first-order valence-electron chi connectivity index (χ1n) is 10.6. The van der Waals surface area contributed by atoms with Crippen molar-refractivity contribution < 1.29 is 9.59 Å². The number of piperidine rings is 1. The fraction of sp³-hybridized carbons (Fsp3) is 0.364. The number of anilines is 1. The van der Waals surface area contributed by atoms with Crippen molar-refractivity contribution in [3.63, 3.8) is 0 Å². The van der Waals surface area contributed by atoms with Gasteiger partial charge in [0, 0.05) is 5.69 Å². The molecule has 2 aromatic heterocycles. The molecule has 0 bridgehead atoms. The Morgan fingerprint density at radius 1 is 1.16 bits per heavy atom. The van der Waals surface area contributed by atoms with E-state index in [0.29, 0.717) is 15.7 Å². The molecule has 1 aromatic carbocycles. The molecular weight excluding hydrogens is 444 g/mol. The summed E-state index contributed by atoms with van der Waals surface area (Å²) in [6.45, 7) is 4.66. The second-order valence-electron chi connectivity index (χ2n) is 7.68. The standard InChI is InChI=1S/C22H26N6O2S2/c1-15(20(30)24-21-17(19(23)29)10-13-31-21)32-22-26-25-18(14-27-11-6-3-7-12-27)28(22)16-8-4-2-5-9-16/h2,4-5,8-10,13,15H,3,6-7,11-12,14H2,1H3,(H2,23,29)(H,24,30). The number of primary amides is 1. The van der Waals surface area contributed by atoms with Gasteiger partial charge < -0.3 is 11.1 Å². The lowest BCUT2D eigenvalue weighted by molar-refractivity contribution is -0.115. The van der Waals surface area contributed by atoms with E-state index < -0.39 is 11.2 Å². The number of para-hydroxylation sites is 1. The minimum atomic E-state index is -0.562. The predicted octanol–water partition coefficient (Wildman–Crippen LogP) is 3.53. The molecule has 1 fully saturated rings. The molecule has 1 aliphatic rings. The molecule has 2 amide bonds. The lowest BCUT2D eigenvalue weighted by atomic mass is 10.1. The molecule has 8 nitrogen and oxygen atoms in total.